The van der Waals surface area contributed by atoms with Gasteiger partial charge in [-0.25, -0.2) is 4.98 Å². The second-order valence-corrected chi connectivity index (χ2v) is 21.9. The van der Waals surface area contributed by atoms with Gasteiger partial charge in [0.05, 0.1) is 17.0 Å². The Balaban J connectivity index is 1.64. The number of carbonyl (C=O) groups excluding carboxylic acids is 2. The number of esters is 1. The summed E-state index contributed by atoms with van der Waals surface area (Å²) in [6, 6.07) is 6.90. The molecule has 2 aromatic heterocycles. The van der Waals surface area contributed by atoms with Gasteiger partial charge in [-0.1, -0.05) is 52.9 Å². The number of hydrogen-bond donors (Lipinski definition) is 1. The first-order valence-electron chi connectivity index (χ1n) is 17.4. The Morgan fingerprint density at radius 3 is 2.54 bits per heavy atom. The standard InChI is InChI=1S/C37H55N5O5Si/c1-10-11-12-31(43)46-37(6)22-27(21-36(4,5)47-37)29-13-14-30(32(40-29)26-15-17-35(2,3)18-16-26)41-34(44)33-39-28(23-38)24-42(33)25-45-19-20-48(7,8)9/h13-15,24,27H,10-12,16-22,25H2,1-9H3,(H,41,44). The second-order valence-electron chi connectivity index (χ2n) is 16.2. The zero-order valence-electron chi connectivity index (χ0n) is 30.5. The molecule has 2 atom stereocenters. The van der Waals surface area contributed by atoms with E-state index in [0.717, 1.165) is 55.1 Å². The van der Waals surface area contributed by atoms with Gasteiger partial charge in [0.1, 0.15) is 12.8 Å². The summed E-state index contributed by atoms with van der Waals surface area (Å²) in [5.41, 5.74) is 3.06. The molecule has 2 aromatic rings. The van der Waals surface area contributed by atoms with Gasteiger partial charge in [-0.2, -0.15) is 5.26 Å². The molecule has 0 bridgehead atoms. The van der Waals surface area contributed by atoms with E-state index in [4.69, 9.17) is 19.2 Å². The predicted octanol–water partition coefficient (Wildman–Crippen LogP) is 8.43. The summed E-state index contributed by atoms with van der Waals surface area (Å²) in [5, 5.41) is 12.6. The van der Waals surface area contributed by atoms with Crippen molar-refractivity contribution in [2.75, 3.05) is 11.9 Å². The van der Waals surface area contributed by atoms with Crippen LogP contribution in [0.15, 0.2) is 24.4 Å². The molecular formula is C37H55N5O5Si. The minimum atomic E-state index is -1.28. The van der Waals surface area contributed by atoms with E-state index in [-0.39, 0.29) is 35.6 Å². The number of rotatable bonds is 13. The third kappa shape index (κ3) is 10.3. The first-order chi connectivity index (χ1) is 22.4. The maximum Gasteiger partial charge on any atom is 0.308 e. The number of unbranched alkanes of at least 4 members (excludes halogenated alkanes) is 1. The number of hydrogen-bond acceptors (Lipinski definition) is 8. The van der Waals surface area contributed by atoms with Gasteiger partial charge in [0, 0.05) is 52.3 Å². The maximum absolute atomic E-state index is 13.8. The van der Waals surface area contributed by atoms with Crippen molar-refractivity contribution in [3.63, 3.8) is 0 Å². The highest BCUT2D eigenvalue weighted by atomic mass is 28.3. The second kappa shape index (κ2) is 15.1. The van der Waals surface area contributed by atoms with E-state index in [1.54, 1.807) is 10.8 Å². The Morgan fingerprint density at radius 1 is 1.15 bits per heavy atom. The van der Waals surface area contributed by atoms with E-state index in [0.29, 0.717) is 31.6 Å². The molecule has 10 nitrogen and oxygen atoms in total. The molecule has 1 saturated heterocycles. The number of nitriles is 1. The highest BCUT2D eigenvalue weighted by molar-refractivity contribution is 6.76. The van der Waals surface area contributed by atoms with E-state index < -0.39 is 25.4 Å². The van der Waals surface area contributed by atoms with Gasteiger partial charge in [-0.05, 0) is 75.1 Å². The molecule has 1 N–H and O–H groups in total. The molecule has 0 saturated carbocycles. The number of allylic oxidation sites excluding steroid dienone is 2. The number of ether oxygens (including phenoxy) is 3. The summed E-state index contributed by atoms with van der Waals surface area (Å²) < 4.78 is 19.8. The molecule has 1 aliphatic carbocycles. The Kier molecular flexibility index (Phi) is 11.8. The van der Waals surface area contributed by atoms with Crippen LogP contribution < -0.4 is 5.32 Å². The van der Waals surface area contributed by atoms with Gasteiger partial charge in [0.25, 0.3) is 5.91 Å². The normalized spacial score (nSPS) is 22.0. The summed E-state index contributed by atoms with van der Waals surface area (Å²) in [5.74, 6) is -1.69. The third-order valence-electron chi connectivity index (χ3n) is 9.09. The molecule has 2 aliphatic rings. The Labute approximate surface area is 287 Å². The third-order valence-corrected chi connectivity index (χ3v) is 10.8. The minimum Gasteiger partial charge on any atom is -0.433 e. The van der Waals surface area contributed by atoms with E-state index in [2.05, 4.69) is 49.9 Å². The van der Waals surface area contributed by atoms with Crippen molar-refractivity contribution in [1.82, 2.24) is 14.5 Å². The van der Waals surface area contributed by atoms with Crippen LogP contribution in [0.1, 0.15) is 127 Å². The van der Waals surface area contributed by atoms with E-state index in [1.807, 2.05) is 45.9 Å². The van der Waals surface area contributed by atoms with Crippen molar-refractivity contribution in [2.45, 2.75) is 143 Å². The summed E-state index contributed by atoms with van der Waals surface area (Å²) in [7, 11) is -1.28. The average Bonchev–Trinajstić information content (AvgIpc) is 3.40. The lowest BCUT2D eigenvalue weighted by Gasteiger charge is -2.46. The summed E-state index contributed by atoms with van der Waals surface area (Å²) in [4.78, 5) is 36.0. The zero-order valence-corrected chi connectivity index (χ0v) is 31.5. The van der Waals surface area contributed by atoms with Crippen LogP contribution in [0.3, 0.4) is 0 Å². The van der Waals surface area contributed by atoms with Crippen molar-refractivity contribution in [3.8, 4) is 6.07 Å². The first-order valence-corrected chi connectivity index (χ1v) is 21.1. The number of pyridine rings is 1. The van der Waals surface area contributed by atoms with Crippen molar-refractivity contribution in [2.24, 2.45) is 5.41 Å². The van der Waals surface area contributed by atoms with Gasteiger partial charge in [-0.3, -0.25) is 14.6 Å². The van der Waals surface area contributed by atoms with Gasteiger partial charge in [0.15, 0.2) is 5.69 Å². The maximum atomic E-state index is 13.8. The van der Waals surface area contributed by atoms with Gasteiger partial charge in [0.2, 0.25) is 11.6 Å². The average molecular weight is 678 g/mol. The number of amides is 1. The summed E-state index contributed by atoms with van der Waals surface area (Å²) in [6.45, 7) is 20.0. The molecule has 1 fully saturated rings. The molecule has 262 valence electrons. The SMILES string of the molecule is CCCCC(=O)OC1(C)CC(c2ccc(NC(=O)c3nc(C#N)cn3COCC[Si](C)(C)C)c(C3=CCC(C)(C)CC3)n2)CC(C)(C)O1. The minimum absolute atomic E-state index is 0.0350. The smallest absolute Gasteiger partial charge is 0.308 e. The largest absolute Gasteiger partial charge is 0.433 e. The lowest BCUT2D eigenvalue weighted by Crippen LogP contribution is -2.49. The monoisotopic (exact) mass is 677 g/mol. The number of carbonyl (C=O) groups is 2. The van der Waals surface area contributed by atoms with Crippen LogP contribution in [0, 0.1) is 16.7 Å². The first kappa shape index (κ1) is 37.5. The van der Waals surface area contributed by atoms with Crippen LogP contribution in [0.25, 0.3) is 5.57 Å². The fraction of sp³-hybridized carbons (Fsp3) is 0.649. The Hall–Kier alpha value is -3.33. The molecule has 0 aromatic carbocycles. The van der Waals surface area contributed by atoms with Crippen molar-refractivity contribution < 1.29 is 23.8 Å². The summed E-state index contributed by atoms with van der Waals surface area (Å²) >= 11 is 0. The van der Waals surface area contributed by atoms with Gasteiger partial charge in [-0.15, -0.1) is 0 Å². The number of anilines is 1. The number of nitrogens with one attached hydrogen (secondary N) is 1. The van der Waals surface area contributed by atoms with E-state index in [1.165, 1.54) is 0 Å². The van der Waals surface area contributed by atoms with Crippen molar-refractivity contribution in [1.29, 1.82) is 5.26 Å². The van der Waals surface area contributed by atoms with Crippen LogP contribution in [-0.4, -0.2) is 52.5 Å². The molecular weight excluding hydrogens is 623 g/mol. The highest BCUT2D eigenvalue weighted by Gasteiger charge is 2.46. The van der Waals surface area contributed by atoms with E-state index in [9.17, 15) is 14.9 Å². The molecule has 48 heavy (non-hydrogen) atoms. The number of aromatic nitrogens is 3. The molecule has 1 aliphatic heterocycles. The highest BCUT2D eigenvalue weighted by Crippen LogP contribution is 2.45. The molecule has 3 heterocycles. The lowest BCUT2D eigenvalue weighted by molar-refractivity contribution is -0.286. The fourth-order valence-corrected chi connectivity index (χ4v) is 7.23. The topological polar surface area (TPSA) is 128 Å². The van der Waals surface area contributed by atoms with Gasteiger partial charge >= 0.3 is 5.97 Å². The van der Waals surface area contributed by atoms with Crippen LogP contribution in [0.5, 0.6) is 0 Å². The molecule has 1 amide bonds. The van der Waals surface area contributed by atoms with Crippen molar-refractivity contribution in [3.05, 3.63) is 47.3 Å². The summed E-state index contributed by atoms with van der Waals surface area (Å²) in [6.07, 6.45) is 9.75. The van der Waals surface area contributed by atoms with Crippen molar-refractivity contribution >= 4 is 31.2 Å². The lowest BCUT2D eigenvalue weighted by atomic mass is 9.77. The van der Waals surface area contributed by atoms with Gasteiger partial charge < -0.3 is 24.1 Å². The van der Waals surface area contributed by atoms with Crippen LogP contribution in [-0.2, 0) is 25.7 Å². The Bertz CT molecular complexity index is 1550. The molecule has 11 heteroatoms. The zero-order chi connectivity index (χ0) is 35.3. The molecule has 2 unspecified atom stereocenters. The van der Waals surface area contributed by atoms with Crippen LogP contribution in [0.2, 0.25) is 25.7 Å². The number of imidazole rings is 1. The molecule has 4 rings (SSSR count). The number of nitrogens with zero attached hydrogens (tertiary/aromatic N) is 4. The molecule has 0 spiro atoms. The fourth-order valence-electron chi connectivity index (χ4n) is 6.47. The predicted molar refractivity (Wildman–Crippen MR) is 190 cm³/mol. The molecule has 0 radical (unpaired) electrons. The Morgan fingerprint density at radius 2 is 1.90 bits per heavy atom. The van der Waals surface area contributed by atoms with Crippen LogP contribution >= 0.6 is 0 Å². The quantitative estimate of drug-likeness (QED) is 0.127. The van der Waals surface area contributed by atoms with Crippen LogP contribution in [0.4, 0.5) is 5.69 Å². The van der Waals surface area contributed by atoms with E-state index >= 15 is 0 Å².